The lowest BCUT2D eigenvalue weighted by molar-refractivity contribution is -0.121. The van der Waals surface area contributed by atoms with E-state index in [0.29, 0.717) is 6.42 Å². The number of hydrogen-bond donors (Lipinski definition) is 2. The van der Waals surface area contributed by atoms with Crippen molar-refractivity contribution in [1.82, 2.24) is 5.32 Å². The first-order chi connectivity index (χ1) is 9.10. The molecule has 1 amide bonds. The summed E-state index contributed by atoms with van der Waals surface area (Å²) in [5.41, 5.74) is 2.30. The third-order valence-electron chi connectivity index (χ3n) is 3.22. The Morgan fingerprint density at radius 2 is 1.89 bits per heavy atom. The zero-order valence-corrected chi connectivity index (χ0v) is 12.7. The fraction of sp³-hybridized carbons (Fsp3) is 0.533. The van der Waals surface area contributed by atoms with Crippen LogP contribution in [0.4, 0.5) is 0 Å². The van der Waals surface area contributed by atoms with Crippen molar-refractivity contribution in [3.05, 3.63) is 35.4 Å². The largest absolute Gasteiger partial charge is 0.395 e. The van der Waals surface area contributed by atoms with Gasteiger partial charge in [-0.1, -0.05) is 31.2 Å². The van der Waals surface area contributed by atoms with E-state index in [1.165, 1.54) is 5.56 Å². The molecular formula is C15H23NO2S. The van der Waals surface area contributed by atoms with Crippen molar-refractivity contribution < 1.29 is 9.90 Å². The van der Waals surface area contributed by atoms with Crippen LogP contribution in [-0.4, -0.2) is 35.2 Å². The van der Waals surface area contributed by atoms with Gasteiger partial charge in [0.05, 0.1) is 13.0 Å². The maximum absolute atomic E-state index is 11.9. The number of carbonyl (C=O) groups excluding carboxylic acids is 1. The maximum Gasteiger partial charge on any atom is 0.224 e. The van der Waals surface area contributed by atoms with E-state index in [1.807, 2.05) is 25.3 Å². The highest BCUT2D eigenvalue weighted by Crippen LogP contribution is 2.11. The molecule has 1 rings (SSSR count). The Kier molecular flexibility index (Phi) is 6.95. The summed E-state index contributed by atoms with van der Waals surface area (Å²) in [6.07, 6.45) is 3.34. The standard InChI is InChI=1S/C15H23NO2S/c1-4-12-5-7-13(8-6-12)9-15(18)16-11(2)14(10-17)19-3/h5-8,11,14,17H,4,9-10H2,1-3H3,(H,16,18). The Morgan fingerprint density at radius 3 is 2.37 bits per heavy atom. The molecule has 19 heavy (non-hydrogen) atoms. The van der Waals surface area contributed by atoms with Crippen molar-refractivity contribution in [3.8, 4) is 0 Å². The molecule has 4 heteroatoms. The van der Waals surface area contributed by atoms with Gasteiger partial charge in [-0.2, -0.15) is 11.8 Å². The number of carbonyl (C=O) groups is 1. The normalized spacial score (nSPS) is 13.9. The van der Waals surface area contributed by atoms with Crippen LogP contribution < -0.4 is 5.32 Å². The predicted octanol–water partition coefficient (Wildman–Crippen LogP) is 2.02. The Hall–Kier alpha value is -1.00. The number of rotatable bonds is 7. The van der Waals surface area contributed by atoms with Crippen LogP contribution in [0, 0.1) is 0 Å². The first-order valence-corrected chi connectivity index (χ1v) is 7.90. The second-order valence-corrected chi connectivity index (χ2v) is 5.74. The summed E-state index contributed by atoms with van der Waals surface area (Å²) in [5.74, 6) is 0.00393. The zero-order chi connectivity index (χ0) is 14.3. The van der Waals surface area contributed by atoms with E-state index in [-0.39, 0.29) is 23.8 Å². The minimum atomic E-state index is -0.0255. The lowest BCUT2D eigenvalue weighted by Crippen LogP contribution is -2.41. The monoisotopic (exact) mass is 281 g/mol. The fourth-order valence-electron chi connectivity index (χ4n) is 1.91. The van der Waals surface area contributed by atoms with Gasteiger partial charge >= 0.3 is 0 Å². The minimum absolute atomic E-state index is 0.00393. The van der Waals surface area contributed by atoms with Gasteiger partial charge in [-0.15, -0.1) is 0 Å². The van der Waals surface area contributed by atoms with E-state index >= 15 is 0 Å². The van der Waals surface area contributed by atoms with Crippen molar-refractivity contribution in [3.63, 3.8) is 0 Å². The number of nitrogens with one attached hydrogen (secondary N) is 1. The molecule has 0 radical (unpaired) electrons. The molecule has 0 spiro atoms. The van der Waals surface area contributed by atoms with Crippen LogP contribution in [0.15, 0.2) is 24.3 Å². The summed E-state index contributed by atoms with van der Waals surface area (Å²) in [4.78, 5) is 11.9. The van der Waals surface area contributed by atoms with E-state index in [1.54, 1.807) is 11.8 Å². The quantitative estimate of drug-likeness (QED) is 0.804. The summed E-state index contributed by atoms with van der Waals surface area (Å²) < 4.78 is 0. The number of aryl methyl sites for hydroxylation is 1. The number of aliphatic hydroxyl groups is 1. The minimum Gasteiger partial charge on any atom is -0.395 e. The van der Waals surface area contributed by atoms with Gasteiger partial charge in [0, 0.05) is 11.3 Å². The van der Waals surface area contributed by atoms with Crippen LogP contribution in [0.2, 0.25) is 0 Å². The first-order valence-electron chi connectivity index (χ1n) is 6.61. The Balaban J connectivity index is 2.50. The Bertz CT molecular complexity index is 388. The lowest BCUT2D eigenvalue weighted by atomic mass is 10.1. The molecule has 1 aromatic carbocycles. The highest BCUT2D eigenvalue weighted by Gasteiger charge is 2.17. The van der Waals surface area contributed by atoms with Crippen molar-refractivity contribution in [2.75, 3.05) is 12.9 Å². The maximum atomic E-state index is 11.9. The molecule has 0 saturated heterocycles. The Morgan fingerprint density at radius 1 is 1.32 bits per heavy atom. The molecule has 0 heterocycles. The molecule has 0 aromatic heterocycles. The van der Waals surface area contributed by atoms with Crippen molar-refractivity contribution >= 4 is 17.7 Å². The van der Waals surface area contributed by atoms with Crippen LogP contribution in [0.25, 0.3) is 0 Å². The van der Waals surface area contributed by atoms with Crippen LogP contribution >= 0.6 is 11.8 Å². The van der Waals surface area contributed by atoms with Gasteiger partial charge in [-0.05, 0) is 30.7 Å². The number of amides is 1. The zero-order valence-electron chi connectivity index (χ0n) is 11.8. The highest BCUT2D eigenvalue weighted by atomic mass is 32.2. The van der Waals surface area contributed by atoms with Crippen LogP contribution in [-0.2, 0) is 17.6 Å². The second kappa shape index (κ2) is 8.23. The number of hydrogen-bond acceptors (Lipinski definition) is 3. The van der Waals surface area contributed by atoms with Gasteiger partial charge in [0.25, 0.3) is 0 Å². The number of thioether (sulfide) groups is 1. The van der Waals surface area contributed by atoms with Gasteiger partial charge in [0.15, 0.2) is 0 Å². The molecule has 0 aliphatic carbocycles. The molecule has 0 saturated carbocycles. The molecule has 3 nitrogen and oxygen atoms in total. The molecular weight excluding hydrogens is 258 g/mol. The molecule has 0 aliphatic heterocycles. The molecule has 2 atom stereocenters. The van der Waals surface area contributed by atoms with Crippen LogP contribution in [0.5, 0.6) is 0 Å². The number of aliphatic hydroxyl groups excluding tert-OH is 1. The summed E-state index contributed by atoms with van der Waals surface area (Å²) in [5, 5.41) is 12.2. The summed E-state index contributed by atoms with van der Waals surface area (Å²) in [7, 11) is 0. The topological polar surface area (TPSA) is 49.3 Å². The van der Waals surface area contributed by atoms with E-state index in [4.69, 9.17) is 0 Å². The Labute approximate surface area is 119 Å². The van der Waals surface area contributed by atoms with Gasteiger partial charge in [-0.3, -0.25) is 4.79 Å². The third kappa shape index (κ3) is 5.25. The lowest BCUT2D eigenvalue weighted by Gasteiger charge is -2.21. The smallest absolute Gasteiger partial charge is 0.224 e. The molecule has 2 N–H and O–H groups in total. The van der Waals surface area contributed by atoms with Gasteiger partial charge in [-0.25, -0.2) is 0 Å². The van der Waals surface area contributed by atoms with E-state index < -0.39 is 0 Å². The van der Waals surface area contributed by atoms with Crippen LogP contribution in [0.1, 0.15) is 25.0 Å². The molecule has 0 fully saturated rings. The van der Waals surface area contributed by atoms with Gasteiger partial charge in [0.2, 0.25) is 5.91 Å². The van der Waals surface area contributed by atoms with Crippen LogP contribution in [0.3, 0.4) is 0 Å². The molecule has 106 valence electrons. The van der Waals surface area contributed by atoms with Crippen molar-refractivity contribution in [2.24, 2.45) is 0 Å². The highest BCUT2D eigenvalue weighted by molar-refractivity contribution is 7.99. The van der Waals surface area contributed by atoms with E-state index in [2.05, 4.69) is 24.4 Å². The average molecular weight is 281 g/mol. The van der Waals surface area contributed by atoms with Gasteiger partial charge < -0.3 is 10.4 Å². The van der Waals surface area contributed by atoms with E-state index in [0.717, 1.165) is 12.0 Å². The summed E-state index contributed by atoms with van der Waals surface area (Å²) in [6.45, 7) is 4.12. The third-order valence-corrected chi connectivity index (χ3v) is 4.39. The summed E-state index contributed by atoms with van der Waals surface area (Å²) in [6, 6.07) is 8.10. The molecule has 0 aliphatic rings. The fourth-order valence-corrected chi connectivity index (χ4v) is 2.54. The SMILES string of the molecule is CCc1ccc(CC(=O)NC(C)C(CO)SC)cc1. The number of benzene rings is 1. The van der Waals surface area contributed by atoms with Crippen molar-refractivity contribution in [1.29, 1.82) is 0 Å². The summed E-state index contributed by atoms with van der Waals surface area (Å²) >= 11 is 1.57. The molecule has 1 aromatic rings. The van der Waals surface area contributed by atoms with E-state index in [9.17, 15) is 9.90 Å². The average Bonchev–Trinajstić information content (AvgIpc) is 2.40. The second-order valence-electron chi connectivity index (χ2n) is 4.66. The molecule has 0 bridgehead atoms. The van der Waals surface area contributed by atoms with Gasteiger partial charge in [0.1, 0.15) is 0 Å². The van der Waals surface area contributed by atoms with Crippen molar-refractivity contribution in [2.45, 2.75) is 38.0 Å². The predicted molar refractivity (Wildman–Crippen MR) is 81.5 cm³/mol. The molecule has 2 unspecified atom stereocenters. The first kappa shape index (κ1) is 16.1.